The number of hydrogen-bond acceptors (Lipinski definition) is 4. The van der Waals surface area contributed by atoms with E-state index in [0.29, 0.717) is 11.3 Å². The van der Waals surface area contributed by atoms with E-state index in [-0.39, 0.29) is 41.2 Å². The van der Waals surface area contributed by atoms with Crippen LogP contribution in [-0.2, 0) is 6.54 Å². The molecule has 8 heteroatoms. The van der Waals surface area contributed by atoms with Crippen LogP contribution in [0.2, 0.25) is 5.15 Å². The first-order valence-corrected chi connectivity index (χ1v) is 9.86. The maximum atomic E-state index is 13.0. The first-order chi connectivity index (χ1) is 12.6. The number of carbonyl (C=O) groups excluding carboxylic acids is 2. The van der Waals surface area contributed by atoms with Crippen molar-refractivity contribution in [1.29, 1.82) is 5.26 Å². The van der Waals surface area contributed by atoms with Crippen molar-refractivity contribution in [2.75, 3.05) is 6.54 Å². The van der Waals surface area contributed by atoms with E-state index in [4.69, 9.17) is 11.6 Å². The number of halogens is 2. The molecule has 0 atom stereocenters. The zero-order valence-electron chi connectivity index (χ0n) is 13.7. The Hall–Kier alpha value is -2.49. The van der Waals surface area contributed by atoms with E-state index < -0.39 is 21.3 Å². The second-order valence-corrected chi connectivity index (χ2v) is 7.70. The summed E-state index contributed by atoms with van der Waals surface area (Å²) < 4.78 is 7.35. The number of amides is 1. The molecule has 2 aromatic rings. The topological polar surface area (TPSA) is 78.5 Å². The molecule has 1 amide bonds. The molecule has 1 aromatic heterocycles. The molecule has 26 heavy (non-hydrogen) atoms. The molecule has 0 spiro atoms. The van der Waals surface area contributed by atoms with Crippen molar-refractivity contribution in [2.45, 2.75) is 13.5 Å². The number of benzene rings is 1. The van der Waals surface area contributed by atoms with Crippen LogP contribution in [0.25, 0.3) is 0 Å². The van der Waals surface area contributed by atoms with Crippen LogP contribution in [0.15, 0.2) is 33.5 Å². The number of fused-ring (bicyclic) bond motifs is 1. The third kappa shape index (κ3) is 3.28. The average Bonchev–Trinajstić information content (AvgIpc) is 2.94. The highest BCUT2D eigenvalue weighted by Crippen LogP contribution is 2.41. The number of nitriles is 1. The van der Waals surface area contributed by atoms with Gasteiger partial charge in [0.2, 0.25) is 0 Å². The van der Waals surface area contributed by atoms with E-state index >= 15 is 0 Å². The van der Waals surface area contributed by atoms with Crippen LogP contribution in [0, 0.1) is 23.2 Å². The molecule has 0 radical (unpaired) electrons. The van der Waals surface area contributed by atoms with E-state index in [9.17, 15) is 14.9 Å². The highest BCUT2D eigenvalue weighted by molar-refractivity contribution is 14.1. The van der Waals surface area contributed by atoms with Gasteiger partial charge in [-0.2, -0.15) is 5.26 Å². The van der Waals surface area contributed by atoms with Gasteiger partial charge in [-0.05, 0) is 6.92 Å². The molecule has 0 bridgehead atoms. The monoisotopic (exact) mass is 478 g/mol. The third-order valence-electron chi connectivity index (χ3n) is 3.71. The Kier molecular flexibility index (Phi) is 5.50. The van der Waals surface area contributed by atoms with E-state index in [1.807, 2.05) is 12.1 Å². The molecule has 1 aliphatic rings. The fraction of sp³-hybridized carbons (Fsp3) is 0.167. The molecule has 1 aliphatic heterocycles. The van der Waals surface area contributed by atoms with Crippen molar-refractivity contribution >= 4 is 50.3 Å². The quantitative estimate of drug-likeness (QED) is 0.288. The third-order valence-corrected chi connectivity index (χ3v) is 6.11. The van der Waals surface area contributed by atoms with Crippen LogP contribution < -0.4 is 0 Å². The van der Waals surface area contributed by atoms with Gasteiger partial charge < -0.3 is 4.57 Å². The van der Waals surface area contributed by atoms with Crippen molar-refractivity contribution in [1.82, 2.24) is 7.68 Å². The van der Waals surface area contributed by atoms with E-state index in [1.165, 1.54) is 7.68 Å². The standard InChI is InChI=1S/C18H12ClIN4O2/c1-2-3-9-23-16-15(13(10-21)17(23)19)22-20-24(18(16)26)11-14(25)12-7-5-4-6-8-12/h4-8H,9,11H2,1H3. The molecular formula is C18H12ClIN4O2. The van der Waals surface area contributed by atoms with Gasteiger partial charge in [0.15, 0.2) is 5.78 Å². The van der Waals surface area contributed by atoms with E-state index in [2.05, 4.69) is 15.0 Å². The van der Waals surface area contributed by atoms with Crippen molar-refractivity contribution < 1.29 is 9.59 Å². The predicted molar refractivity (Wildman–Crippen MR) is 106 cm³/mol. The normalized spacial score (nSPS) is 12.5. The van der Waals surface area contributed by atoms with Gasteiger partial charge in [-0.25, -0.2) is 3.15 Å². The molecule has 0 saturated carbocycles. The van der Waals surface area contributed by atoms with Crippen LogP contribution in [-0.4, -0.2) is 25.9 Å². The van der Waals surface area contributed by atoms with Crippen LogP contribution in [0.3, 0.4) is 0 Å². The number of rotatable bonds is 4. The van der Waals surface area contributed by atoms with Gasteiger partial charge in [-0.3, -0.25) is 12.7 Å². The Labute approximate surface area is 165 Å². The summed E-state index contributed by atoms with van der Waals surface area (Å²) in [7, 11) is 0. The Balaban J connectivity index is 1.96. The summed E-state index contributed by atoms with van der Waals surface area (Å²) >= 11 is 5.14. The van der Waals surface area contributed by atoms with Crippen LogP contribution in [0.4, 0.5) is 5.69 Å². The number of Topliss-reactive ketones (excluding diaryl/α,β-unsaturated/α-hetero) is 1. The highest BCUT2D eigenvalue weighted by atomic mass is 127. The highest BCUT2D eigenvalue weighted by Gasteiger charge is 2.33. The fourth-order valence-corrected chi connectivity index (χ4v) is 4.56. The number of nitrogens with zero attached hydrogens (tertiary/aromatic N) is 4. The lowest BCUT2D eigenvalue weighted by Gasteiger charge is -2.20. The zero-order chi connectivity index (χ0) is 18.7. The summed E-state index contributed by atoms with van der Waals surface area (Å²) in [6.45, 7) is 1.81. The van der Waals surface area contributed by atoms with Crippen LogP contribution in [0.5, 0.6) is 0 Å². The zero-order valence-corrected chi connectivity index (χ0v) is 16.6. The Morgan fingerprint density at radius 2 is 2.08 bits per heavy atom. The minimum absolute atomic E-state index is 0.0524. The molecular weight excluding hydrogens is 467 g/mol. The van der Waals surface area contributed by atoms with Gasteiger partial charge in [-0.1, -0.05) is 47.9 Å². The Morgan fingerprint density at radius 3 is 2.73 bits per heavy atom. The van der Waals surface area contributed by atoms with E-state index in [0.717, 1.165) is 0 Å². The summed E-state index contributed by atoms with van der Waals surface area (Å²) in [5, 5.41) is 9.50. The molecule has 0 aliphatic carbocycles. The van der Waals surface area contributed by atoms with Gasteiger partial charge in [0.1, 0.15) is 49.5 Å². The summed E-state index contributed by atoms with van der Waals surface area (Å²) in [4.78, 5) is 25.4. The summed E-state index contributed by atoms with van der Waals surface area (Å²) in [6, 6.07) is 10.8. The van der Waals surface area contributed by atoms with Crippen molar-refractivity contribution in [3.63, 3.8) is 0 Å². The number of aromatic nitrogens is 1. The molecule has 3 rings (SSSR count). The Morgan fingerprint density at radius 1 is 1.35 bits per heavy atom. The molecule has 6 nitrogen and oxygen atoms in total. The smallest absolute Gasteiger partial charge is 0.282 e. The minimum Gasteiger partial charge on any atom is -0.313 e. The van der Waals surface area contributed by atoms with Crippen molar-refractivity contribution in [2.24, 2.45) is 3.15 Å². The average molecular weight is 479 g/mol. The maximum Gasteiger partial charge on any atom is 0.282 e. The van der Waals surface area contributed by atoms with Gasteiger partial charge >= 0.3 is 0 Å². The van der Waals surface area contributed by atoms with E-state index in [1.54, 1.807) is 31.2 Å². The molecule has 1 aromatic carbocycles. The summed E-state index contributed by atoms with van der Waals surface area (Å²) in [5.41, 5.74) is 1.26. The molecule has 0 unspecified atom stereocenters. The molecule has 0 N–H and O–H groups in total. The summed E-state index contributed by atoms with van der Waals surface area (Å²) in [6.07, 6.45) is 0. The molecule has 2 heterocycles. The second-order valence-electron chi connectivity index (χ2n) is 5.26. The lowest BCUT2D eigenvalue weighted by Crippen LogP contribution is -2.30. The number of carbonyl (C=O) groups is 2. The second kappa shape index (κ2) is 7.81. The van der Waals surface area contributed by atoms with Gasteiger partial charge in [0.25, 0.3) is 5.91 Å². The van der Waals surface area contributed by atoms with Gasteiger partial charge in [-0.15, -0.1) is 5.92 Å². The van der Waals surface area contributed by atoms with Crippen LogP contribution in [0.1, 0.15) is 33.3 Å². The largest absolute Gasteiger partial charge is 0.313 e. The van der Waals surface area contributed by atoms with Gasteiger partial charge in [0.05, 0.1) is 13.1 Å². The summed E-state index contributed by atoms with van der Waals surface area (Å²) in [5.74, 6) is 5.09. The number of hydrogen-bond donors (Lipinski definition) is 0. The fourth-order valence-electron chi connectivity index (χ4n) is 2.45. The van der Waals surface area contributed by atoms with Crippen molar-refractivity contribution in [3.8, 4) is 17.9 Å². The molecule has 130 valence electrons. The van der Waals surface area contributed by atoms with Crippen molar-refractivity contribution in [3.05, 3.63) is 52.3 Å². The maximum absolute atomic E-state index is 13.0. The first-order valence-electron chi connectivity index (χ1n) is 7.55. The van der Waals surface area contributed by atoms with Crippen LogP contribution >= 0.6 is 32.9 Å². The first kappa shape index (κ1) is 18.3. The SMILES string of the molecule is CC#CCn1c(Cl)c(C#N)c2c1C(=O)N(CC(=O)c1ccccc1)I=N2. The lowest BCUT2D eigenvalue weighted by atomic mass is 10.1. The van der Waals surface area contributed by atoms with Gasteiger partial charge in [0, 0.05) is 5.56 Å². The molecule has 0 saturated heterocycles. The minimum atomic E-state index is -1.11. The predicted octanol–water partition coefficient (Wildman–Crippen LogP) is 4.08. The molecule has 0 fully saturated rings. The Bertz CT molecular complexity index is 1030. The lowest BCUT2D eigenvalue weighted by molar-refractivity contribution is 0.0832. The number of ketones is 1.